The largest absolute Gasteiger partial charge is 0.358 e. The molecule has 1 aliphatic rings. The quantitative estimate of drug-likeness (QED) is 0.410. The molecule has 0 radical (unpaired) electrons. The Morgan fingerprint density at radius 3 is 2.67 bits per heavy atom. The fourth-order valence-corrected chi connectivity index (χ4v) is 1.20. The van der Waals surface area contributed by atoms with Crippen molar-refractivity contribution in [1.29, 1.82) is 0 Å². The summed E-state index contributed by atoms with van der Waals surface area (Å²) in [4.78, 5) is 26.5. The Balaban J connectivity index is 2.68. The van der Waals surface area contributed by atoms with E-state index in [1.165, 1.54) is 0 Å². The standard InChI is InChI=1S/C6H8N4O2/c1-2-7-3-4(8-2)9-6(12)10-5(3)11/h2,7H,1H3,(H3,8,9,10,11,12). The molecule has 0 saturated carbocycles. The Bertz CT molecular complexity index is 418. The highest BCUT2D eigenvalue weighted by Gasteiger charge is 2.19. The van der Waals surface area contributed by atoms with Gasteiger partial charge in [-0.2, -0.15) is 0 Å². The van der Waals surface area contributed by atoms with Gasteiger partial charge in [0, 0.05) is 0 Å². The molecule has 0 bridgehead atoms. The molecular formula is C6H8N4O2. The van der Waals surface area contributed by atoms with Crippen LogP contribution in [0.2, 0.25) is 0 Å². The van der Waals surface area contributed by atoms with Crippen LogP contribution in [0.3, 0.4) is 0 Å². The zero-order valence-electron chi connectivity index (χ0n) is 6.39. The highest BCUT2D eigenvalue weighted by molar-refractivity contribution is 5.68. The van der Waals surface area contributed by atoms with Crippen LogP contribution in [-0.2, 0) is 0 Å². The maximum atomic E-state index is 11.1. The minimum atomic E-state index is -0.498. The summed E-state index contributed by atoms with van der Waals surface area (Å²) in [6.07, 6.45) is -0.0286. The molecular weight excluding hydrogens is 160 g/mol. The molecule has 6 nitrogen and oxygen atoms in total. The molecule has 0 saturated heterocycles. The minimum absolute atomic E-state index is 0.0286. The van der Waals surface area contributed by atoms with Crippen LogP contribution in [0.4, 0.5) is 11.5 Å². The smallest absolute Gasteiger partial charge is 0.327 e. The maximum absolute atomic E-state index is 11.1. The molecule has 1 atom stereocenters. The van der Waals surface area contributed by atoms with Gasteiger partial charge < -0.3 is 10.6 Å². The zero-order chi connectivity index (χ0) is 8.72. The number of aromatic amines is 2. The molecule has 0 aliphatic carbocycles. The van der Waals surface area contributed by atoms with Crippen LogP contribution in [-0.4, -0.2) is 16.1 Å². The number of nitrogens with one attached hydrogen (secondary N) is 4. The number of hydrogen-bond acceptors (Lipinski definition) is 4. The maximum Gasteiger partial charge on any atom is 0.327 e. The van der Waals surface area contributed by atoms with Crippen molar-refractivity contribution < 1.29 is 0 Å². The lowest BCUT2D eigenvalue weighted by atomic mass is 10.5. The second-order valence-electron chi connectivity index (χ2n) is 2.67. The predicted octanol–water partition coefficient (Wildman–Crippen LogP) is -0.753. The van der Waals surface area contributed by atoms with Gasteiger partial charge in [0.1, 0.15) is 11.5 Å². The number of hydrogen-bond donors (Lipinski definition) is 4. The molecule has 64 valence electrons. The van der Waals surface area contributed by atoms with Gasteiger partial charge in [0.2, 0.25) is 0 Å². The van der Waals surface area contributed by atoms with Gasteiger partial charge in [-0.1, -0.05) is 0 Å². The Morgan fingerprint density at radius 2 is 1.92 bits per heavy atom. The van der Waals surface area contributed by atoms with Crippen molar-refractivity contribution in [3.8, 4) is 0 Å². The van der Waals surface area contributed by atoms with E-state index in [4.69, 9.17) is 0 Å². The van der Waals surface area contributed by atoms with Crippen molar-refractivity contribution in [3.63, 3.8) is 0 Å². The number of anilines is 2. The lowest BCUT2D eigenvalue weighted by molar-refractivity contribution is 0.949. The van der Waals surface area contributed by atoms with E-state index in [0.29, 0.717) is 11.5 Å². The third-order valence-corrected chi connectivity index (χ3v) is 1.66. The summed E-state index contributed by atoms with van der Waals surface area (Å²) in [5, 5.41) is 5.76. The van der Waals surface area contributed by atoms with Crippen molar-refractivity contribution in [1.82, 2.24) is 9.97 Å². The van der Waals surface area contributed by atoms with E-state index >= 15 is 0 Å². The molecule has 0 amide bonds. The number of rotatable bonds is 0. The Morgan fingerprint density at radius 1 is 1.17 bits per heavy atom. The van der Waals surface area contributed by atoms with Gasteiger partial charge in [0.05, 0.1) is 6.17 Å². The first-order valence-corrected chi connectivity index (χ1v) is 3.56. The summed E-state index contributed by atoms with van der Waals surface area (Å²) in [6, 6.07) is 0. The highest BCUT2D eigenvalue weighted by atomic mass is 16.2. The molecule has 1 aromatic rings. The van der Waals surface area contributed by atoms with Gasteiger partial charge >= 0.3 is 5.69 Å². The van der Waals surface area contributed by atoms with Crippen molar-refractivity contribution in [2.45, 2.75) is 13.1 Å². The molecule has 1 aromatic heterocycles. The van der Waals surface area contributed by atoms with Crippen LogP contribution in [0.15, 0.2) is 9.59 Å². The van der Waals surface area contributed by atoms with Crippen LogP contribution in [0, 0.1) is 0 Å². The van der Waals surface area contributed by atoms with Crippen LogP contribution < -0.4 is 21.9 Å². The van der Waals surface area contributed by atoms with Gasteiger partial charge in [0.25, 0.3) is 5.56 Å². The fourth-order valence-electron chi connectivity index (χ4n) is 1.20. The number of H-pyrrole nitrogens is 2. The topological polar surface area (TPSA) is 89.8 Å². The van der Waals surface area contributed by atoms with Crippen molar-refractivity contribution in [3.05, 3.63) is 20.8 Å². The number of fused-ring (bicyclic) bond motifs is 1. The van der Waals surface area contributed by atoms with Gasteiger partial charge in [-0.3, -0.25) is 14.8 Å². The van der Waals surface area contributed by atoms with E-state index in [9.17, 15) is 9.59 Å². The second kappa shape index (κ2) is 2.13. The van der Waals surface area contributed by atoms with E-state index in [-0.39, 0.29) is 6.17 Å². The first-order valence-electron chi connectivity index (χ1n) is 3.56. The monoisotopic (exact) mass is 168 g/mol. The Kier molecular flexibility index (Phi) is 1.24. The predicted molar refractivity (Wildman–Crippen MR) is 44.4 cm³/mol. The van der Waals surface area contributed by atoms with Gasteiger partial charge in [0.15, 0.2) is 0 Å². The Hall–Kier alpha value is -1.72. The lowest BCUT2D eigenvalue weighted by Gasteiger charge is -2.00. The van der Waals surface area contributed by atoms with Gasteiger partial charge in [-0.05, 0) is 6.92 Å². The first-order chi connectivity index (χ1) is 5.66. The van der Waals surface area contributed by atoms with Crippen molar-refractivity contribution >= 4 is 11.5 Å². The summed E-state index contributed by atoms with van der Waals surface area (Å²) < 4.78 is 0. The van der Waals surface area contributed by atoms with Gasteiger partial charge in [-0.25, -0.2) is 4.79 Å². The fraction of sp³-hybridized carbons (Fsp3) is 0.333. The van der Waals surface area contributed by atoms with Crippen molar-refractivity contribution in [2.75, 3.05) is 10.6 Å². The molecule has 2 rings (SSSR count). The molecule has 6 heteroatoms. The second-order valence-corrected chi connectivity index (χ2v) is 2.67. The normalized spacial score (nSPS) is 19.6. The van der Waals surface area contributed by atoms with Gasteiger partial charge in [-0.15, -0.1) is 0 Å². The Labute approximate surface area is 67.0 Å². The zero-order valence-corrected chi connectivity index (χ0v) is 6.39. The number of aromatic nitrogens is 2. The summed E-state index contributed by atoms with van der Waals surface area (Å²) >= 11 is 0. The SMILES string of the molecule is CC1Nc2[nH]c(=O)[nH]c(=O)c2N1. The van der Waals surface area contributed by atoms with E-state index in [1.54, 1.807) is 0 Å². The van der Waals surface area contributed by atoms with E-state index in [0.717, 1.165) is 0 Å². The molecule has 12 heavy (non-hydrogen) atoms. The molecule has 2 heterocycles. The lowest BCUT2D eigenvalue weighted by Crippen LogP contribution is -2.23. The third-order valence-electron chi connectivity index (χ3n) is 1.66. The average Bonchev–Trinajstić information content (AvgIpc) is 2.29. The van der Waals surface area contributed by atoms with Crippen molar-refractivity contribution in [2.24, 2.45) is 0 Å². The molecule has 1 aliphatic heterocycles. The molecule has 4 N–H and O–H groups in total. The van der Waals surface area contributed by atoms with Crippen LogP contribution in [0.1, 0.15) is 6.92 Å². The van der Waals surface area contributed by atoms with E-state index in [1.807, 2.05) is 6.92 Å². The summed E-state index contributed by atoms with van der Waals surface area (Å²) in [5.41, 5.74) is -0.505. The third kappa shape index (κ3) is 0.884. The van der Waals surface area contributed by atoms with Crippen LogP contribution in [0.5, 0.6) is 0 Å². The van der Waals surface area contributed by atoms with E-state index < -0.39 is 11.2 Å². The summed E-state index contributed by atoms with van der Waals surface area (Å²) in [7, 11) is 0. The first kappa shape index (κ1) is 6.96. The van der Waals surface area contributed by atoms with Crippen LogP contribution in [0.25, 0.3) is 0 Å². The molecule has 0 fully saturated rings. The summed E-state index contributed by atoms with van der Waals surface area (Å²) in [6.45, 7) is 1.84. The minimum Gasteiger partial charge on any atom is -0.358 e. The highest BCUT2D eigenvalue weighted by Crippen LogP contribution is 2.19. The molecule has 0 aromatic carbocycles. The average molecular weight is 168 g/mol. The molecule has 0 spiro atoms. The van der Waals surface area contributed by atoms with Crippen LogP contribution >= 0.6 is 0 Å². The molecule has 1 unspecified atom stereocenters. The summed E-state index contributed by atoms with van der Waals surface area (Å²) in [5.74, 6) is 0.455. The van der Waals surface area contributed by atoms with E-state index in [2.05, 4.69) is 20.6 Å².